The molecule has 0 radical (unpaired) electrons. The van der Waals surface area contributed by atoms with Gasteiger partial charge in [-0.1, -0.05) is 42.5 Å². The standard InChI is InChI=1S/C35H38F3N3O4/c1-3-45-21-9-20-40(34(43)29-15-17-30(18-16-29)35(36,37)38)26-33(42)41(23-27-10-5-4-6-11-27)25-31-13-8-19-39(31)24-28-12-7-14-32(22-28)44-2/h4-8,10-19,22H,3,9,20-21,23-26H2,1-2H3. The van der Waals surface area contributed by atoms with Gasteiger partial charge in [0.2, 0.25) is 5.91 Å². The van der Waals surface area contributed by atoms with Crippen molar-refractivity contribution in [2.75, 3.05) is 33.4 Å². The van der Waals surface area contributed by atoms with Crippen molar-refractivity contribution < 1.29 is 32.2 Å². The van der Waals surface area contributed by atoms with Crippen LogP contribution in [-0.4, -0.2) is 59.6 Å². The molecule has 0 fully saturated rings. The van der Waals surface area contributed by atoms with Gasteiger partial charge in [0.15, 0.2) is 0 Å². The zero-order valence-corrected chi connectivity index (χ0v) is 25.5. The molecule has 3 aromatic carbocycles. The number of amides is 2. The molecule has 4 rings (SSSR count). The Morgan fingerprint density at radius 1 is 0.844 bits per heavy atom. The van der Waals surface area contributed by atoms with Gasteiger partial charge in [-0.25, -0.2) is 0 Å². The van der Waals surface area contributed by atoms with Crippen molar-refractivity contribution in [1.82, 2.24) is 14.4 Å². The molecular formula is C35H38F3N3O4. The van der Waals surface area contributed by atoms with E-state index in [1.807, 2.05) is 79.9 Å². The van der Waals surface area contributed by atoms with E-state index in [1.165, 1.54) is 4.90 Å². The van der Waals surface area contributed by atoms with E-state index in [4.69, 9.17) is 9.47 Å². The third-order valence-corrected chi connectivity index (χ3v) is 7.33. The maximum absolute atomic E-state index is 14.0. The van der Waals surface area contributed by atoms with Crippen LogP contribution in [0.15, 0.2) is 97.2 Å². The largest absolute Gasteiger partial charge is 0.497 e. The van der Waals surface area contributed by atoms with Crippen LogP contribution in [0, 0.1) is 0 Å². The Morgan fingerprint density at radius 3 is 2.27 bits per heavy atom. The van der Waals surface area contributed by atoms with Crippen LogP contribution in [0.5, 0.6) is 5.75 Å². The molecule has 0 aliphatic rings. The third kappa shape index (κ3) is 9.71. The Hall–Kier alpha value is -4.57. The molecule has 4 aromatic rings. The van der Waals surface area contributed by atoms with E-state index in [0.29, 0.717) is 32.7 Å². The Bertz CT molecular complexity index is 1520. The lowest BCUT2D eigenvalue weighted by atomic mass is 10.1. The van der Waals surface area contributed by atoms with Gasteiger partial charge in [0.1, 0.15) is 12.3 Å². The molecule has 0 saturated heterocycles. The van der Waals surface area contributed by atoms with Gasteiger partial charge in [-0.15, -0.1) is 0 Å². The minimum Gasteiger partial charge on any atom is -0.497 e. The van der Waals surface area contributed by atoms with Crippen molar-refractivity contribution in [2.45, 2.75) is 39.2 Å². The summed E-state index contributed by atoms with van der Waals surface area (Å²) in [4.78, 5) is 30.6. The number of aromatic nitrogens is 1. The van der Waals surface area contributed by atoms with Crippen molar-refractivity contribution in [3.8, 4) is 5.75 Å². The molecule has 1 aromatic heterocycles. The summed E-state index contributed by atoms with van der Waals surface area (Å²) in [6.45, 7) is 3.88. The first-order chi connectivity index (χ1) is 21.7. The number of nitrogens with zero attached hydrogens (tertiary/aromatic N) is 3. The maximum Gasteiger partial charge on any atom is 0.416 e. The van der Waals surface area contributed by atoms with Gasteiger partial charge in [0.05, 0.1) is 19.2 Å². The fraction of sp³-hybridized carbons (Fsp3) is 0.314. The quantitative estimate of drug-likeness (QED) is 0.139. The highest BCUT2D eigenvalue weighted by Crippen LogP contribution is 2.29. The molecule has 10 heteroatoms. The van der Waals surface area contributed by atoms with E-state index in [2.05, 4.69) is 4.57 Å². The Labute approximate surface area is 261 Å². The second-order valence-electron chi connectivity index (χ2n) is 10.6. The monoisotopic (exact) mass is 621 g/mol. The van der Waals surface area contributed by atoms with E-state index in [-0.39, 0.29) is 31.1 Å². The van der Waals surface area contributed by atoms with Crippen LogP contribution in [-0.2, 0) is 35.3 Å². The Balaban J connectivity index is 1.57. The molecule has 0 saturated carbocycles. The fourth-order valence-electron chi connectivity index (χ4n) is 4.95. The number of hydrogen-bond donors (Lipinski definition) is 0. The van der Waals surface area contributed by atoms with Crippen molar-refractivity contribution in [2.24, 2.45) is 0 Å². The lowest BCUT2D eigenvalue weighted by Crippen LogP contribution is -2.43. The third-order valence-electron chi connectivity index (χ3n) is 7.33. The number of rotatable bonds is 15. The van der Waals surface area contributed by atoms with Crippen LogP contribution in [0.2, 0.25) is 0 Å². The van der Waals surface area contributed by atoms with Gasteiger partial charge < -0.3 is 23.8 Å². The summed E-state index contributed by atoms with van der Waals surface area (Å²) in [5.74, 6) is -0.0523. The zero-order chi connectivity index (χ0) is 32.2. The number of halogens is 3. The number of benzene rings is 3. The van der Waals surface area contributed by atoms with E-state index in [1.54, 1.807) is 12.0 Å². The smallest absolute Gasteiger partial charge is 0.416 e. The number of alkyl halides is 3. The van der Waals surface area contributed by atoms with Crippen LogP contribution >= 0.6 is 0 Å². The van der Waals surface area contributed by atoms with Crippen molar-refractivity contribution >= 4 is 11.8 Å². The van der Waals surface area contributed by atoms with Crippen molar-refractivity contribution in [3.63, 3.8) is 0 Å². The predicted octanol–water partition coefficient (Wildman–Crippen LogP) is 6.66. The maximum atomic E-state index is 14.0. The molecule has 0 aliphatic heterocycles. The SMILES string of the molecule is CCOCCCN(CC(=O)N(Cc1ccccc1)Cc1cccn1Cc1cccc(OC)c1)C(=O)c1ccc(C(F)(F)F)cc1. The van der Waals surface area contributed by atoms with E-state index in [0.717, 1.165) is 46.8 Å². The molecule has 238 valence electrons. The second kappa shape index (κ2) is 15.9. The van der Waals surface area contributed by atoms with Gasteiger partial charge in [-0.05, 0) is 73.0 Å². The summed E-state index contributed by atoms with van der Waals surface area (Å²) in [5, 5.41) is 0. The summed E-state index contributed by atoms with van der Waals surface area (Å²) < 4.78 is 52.3. The minimum atomic E-state index is -4.52. The zero-order valence-electron chi connectivity index (χ0n) is 25.5. The number of hydrogen-bond acceptors (Lipinski definition) is 4. The van der Waals surface area contributed by atoms with Crippen LogP contribution < -0.4 is 4.74 Å². The van der Waals surface area contributed by atoms with Gasteiger partial charge in [0.25, 0.3) is 5.91 Å². The summed E-state index contributed by atoms with van der Waals surface area (Å²) >= 11 is 0. The lowest BCUT2D eigenvalue weighted by molar-refractivity contribution is -0.137. The molecule has 45 heavy (non-hydrogen) atoms. The minimum absolute atomic E-state index is 0.0778. The summed E-state index contributed by atoms with van der Waals surface area (Å²) in [6, 6.07) is 25.3. The van der Waals surface area contributed by atoms with Gasteiger partial charge in [-0.3, -0.25) is 9.59 Å². The molecule has 0 aliphatic carbocycles. The van der Waals surface area contributed by atoms with Crippen LogP contribution in [0.1, 0.15) is 46.1 Å². The molecule has 2 amide bonds. The molecular weight excluding hydrogens is 583 g/mol. The Morgan fingerprint density at radius 2 is 1.58 bits per heavy atom. The first kappa shape index (κ1) is 33.3. The molecule has 0 bridgehead atoms. The molecule has 0 N–H and O–H groups in total. The van der Waals surface area contributed by atoms with Gasteiger partial charge in [-0.2, -0.15) is 13.2 Å². The highest BCUT2D eigenvalue weighted by molar-refractivity contribution is 5.96. The van der Waals surface area contributed by atoms with Crippen molar-refractivity contribution in [3.05, 3.63) is 125 Å². The average molecular weight is 622 g/mol. The molecule has 7 nitrogen and oxygen atoms in total. The van der Waals surface area contributed by atoms with Crippen LogP contribution in [0.25, 0.3) is 0 Å². The molecule has 0 atom stereocenters. The number of carbonyl (C=O) groups excluding carboxylic acids is 2. The highest BCUT2D eigenvalue weighted by Gasteiger charge is 2.31. The van der Waals surface area contributed by atoms with Crippen LogP contribution in [0.4, 0.5) is 13.2 Å². The molecule has 1 heterocycles. The molecule has 0 spiro atoms. The van der Waals surface area contributed by atoms with Gasteiger partial charge in [0, 0.05) is 50.3 Å². The predicted molar refractivity (Wildman–Crippen MR) is 166 cm³/mol. The number of carbonyl (C=O) groups is 2. The molecule has 0 unspecified atom stereocenters. The lowest BCUT2D eigenvalue weighted by Gasteiger charge is -2.28. The summed E-state index contributed by atoms with van der Waals surface area (Å²) in [6.07, 6.45) is -2.10. The first-order valence-corrected chi connectivity index (χ1v) is 14.8. The number of ether oxygens (including phenoxy) is 2. The Kier molecular flexibility index (Phi) is 11.8. The summed E-state index contributed by atoms with van der Waals surface area (Å²) in [5.41, 5.74) is 2.10. The summed E-state index contributed by atoms with van der Waals surface area (Å²) in [7, 11) is 1.62. The second-order valence-corrected chi connectivity index (χ2v) is 10.6. The normalized spacial score (nSPS) is 11.3. The highest BCUT2D eigenvalue weighted by atomic mass is 19.4. The van der Waals surface area contributed by atoms with Crippen molar-refractivity contribution in [1.29, 1.82) is 0 Å². The van der Waals surface area contributed by atoms with E-state index in [9.17, 15) is 22.8 Å². The first-order valence-electron chi connectivity index (χ1n) is 14.8. The topological polar surface area (TPSA) is 64.0 Å². The van der Waals surface area contributed by atoms with Gasteiger partial charge >= 0.3 is 6.18 Å². The average Bonchev–Trinajstić information content (AvgIpc) is 3.48. The van der Waals surface area contributed by atoms with Crippen LogP contribution in [0.3, 0.4) is 0 Å². The van der Waals surface area contributed by atoms with E-state index < -0.39 is 17.6 Å². The number of methoxy groups -OCH3 is 1. The fourth-order valence-corrected chi connectivity index (χ4v) is 4.95. The van der Waals surface area contributed by atoms with E-state index >= 15 is 0 Å².